The molecule has 2 aliphatic carbocycles. The van der Waals surface area contributed by atoms with Crippen molar-refractivity contribution in [3.05, 3.63) is 174 Å². The first-order valence-electron chi connectivity index (χ1n) is 21.5. The summed E-state index contributed by atoms with van der Waals surface area (Å²) in [6.07, 6.45) is 14.3. The molecule has 1 aromatic heterocycles. The van der Waals surface area contributed by atoms with Crippen molar-refractivity contribution in [1.29, 1.82) is 0 Å². The fourth-order valence-corrected chi connectivity index (χ4v) is 8.35. The largest absolute Gasteiger partial charge is 0.457 e. The van der Waals surface area contributed by atoms with Crippen LogP contribution in [0.5, 0.6) is 11.5 Å². The van der Waals surface area contributed by atoms with Crippen LogP contribution >= 0.6 is 0 Å². The number of aromatic nitrogens is 1. The Labute approximate surface area is 325 Å². The molecule has 6 aromatic rings. The fourth-order valence-electron chi connectivity index (χ4n) is 8.35. The molecule has 10 rings (SSSR count). The molecule has 0 amide bonds. The lowest BCUT2D eigenvalue weighted by molar-refractivity contribution is 0.482. The van der Waals surface area contributed by atoms with Gasteiger partial charge in [0.15, 0.2) is 5.58 Å². The van der Waals surface area contributed by atoms with E-state index in [0.29, 0.717) is 35.0 Å². The smallest absolute Gasteiger partial charge is 0.303 e. The number of rotatable bonds is 7. The molecule has 0 bridgehead atoms. The summed E-state index contributed by atoms with van der Waals surface area (Å²) in [6.45, 7) is -5.53. The molecule has 5 aromatic carbocycles. The normalized spacial score (nSPS) is 20.8. The molecule has 4 aliphatic rings. The molecule has 6 nitrogen and oxygen atoms in total. The molecule has 3 heterocycles. The van der Waals surface area contributed by atoms with E-state index >= 15 is 0 Å². The van der Waals surface area contributed by atoms with Crippen molar-refractivity contribution < 1.29 is 17.4 Å². The fraction of sp³-hybridized carbons (Fsp3) is 0.188. The van der Waals surface area contributed by atoms with Crippen LogP contribution in [0.4, 0.5) is 28.8 Å². The van der Waals surface area contributed by atoms with Crippen LogP contribution in [0.25, 0.3) is 16.7 Å². The van der Waals surface area contributed by atoms with E-state index in [1.807, 2.05) is 30.3 Å². The summed E-state index contributed by atoms with van der Waals surface area (Å²) in [4.78, 5) is 11.0. The summed E-state index contributed by atoms with van der Waals surface area (Å²) < 4.78 is 64.0. The van der Waals surface area contributed by atoms with Gasteiger partial charge in [-0.3, -0.25) is 4.90 Å². The molecule has 1 atom stereocenters. The molecule has 266 valence electrons. The Morgan fingerprint density at radius 3 is 2.43 bits per heavy atom. The van der Waals surface area contributed by atoms with E-state index in [2.05, 4.69) is 106 Å². The van der Waals surface area contributed by atoms with Gasteiger partial charge in [-0.2, -0.15) is 4.98 Å². The van der Waals surface area contributed by atoms with Gasteiger partial charge in [0.1, 0.15) is 17.0 Å². The molecule has 6 heteroatoms. The second-order valence-electron chi connectivity index (χ2n) is 14.3. The molecule has 0 saturated carbocycles. The highest BCUT2D eigenvalue weighted by Crippen LogP contribution is 2.50. The van der Waals surface area contributed by atoms with Gasteiger partial charge in [0.25, 0.3) is 0 Å². The van der Waals surface area contributed by atoms with Crippen molar-refractivity contribution in [2.75, 3.05) is 27.9 Å². The number of ether oxygens (including phenoxy) is 1. The number of anilines is 5. The third-order valence-electron chi connectivity index (χ3n) is 10.9. The third kappa shape index (κ3) is 5.61. The van der Waals surface area contributed by atoms with Gasteiger partial charge in [-0.25, -0.2) is 0 Å². The Morgan fingerprint density at radius 2 is 1.59 bits per heavy atom. The predicted octanol–water partition coefficient (Wildman–Crippen LogP) is 12.2. The van der Waals surface area contributed by atoms with E-state index < -0.39 is 19.1 Å². The van der Waals surface area contributed by atoms with Gasteiger partial charge in [0.2, 0.25) is 0 Å². The molecule has 2 aliphatic heterocycles. The lowest BCUT2D eigenvalue weighted by atomic mass is 9.80. The predicted molar refractivity (Wildman–Crippen MR) is 220 cm³/mol. The minimum Gasteiger partial charge on any atom is -0.457 e. The minimum absolute atomic E-state index is 0.113. The van der Waals surface area contributed by atoms with Crippen LogP contribution in [0, 0.1) is 5.92 Å². The Hall–Kier alpha value is -6.27. The summed E-state index contributed by atoms with van der Waals surface area (Å²) in [6, 6.07) is 39.3. The van der Waals surface area contributed by atoms with E-state index in [4.69, 9.17) is 17.4 Å². The monoisotopic (exact) mass is 712 g/mol. The first kappa shape index (κ1) is 26.5. The molecular weight excluding hydrogens is 665 g/mol. The van der Waals surface area contributed by atoms with Crippen molar-refractivity contribution in [3.8, 4) is 11.5 Å². The van der Waals surface area contributed by atoms with E-state index in [-0.39, 0.29) is 24.0 Å². The SMILES string of the molecule is [2H]C([2H])([2H])C1(C([2H])([2H])[2H])CN(c2nc3ccccc3o2)c2cc(Oc3cccc(N4CN(C5=C(c6ccccc6)C=CC[C@@H]5C5=CC=CCC5)c5ccccc54)c3)ccc21. The van der Waals surface area contributed by atoms with Crippen molar-refractivity contribution >= 4 is 45.4 Å². The minimum atomic E-state index is -2.87. The van der Waals surface area contributed by atoms with Crippen LogP contribution in [0.2, 0.25) is 0 Å². The van der Waals surface area contributed by atoms with Crippen molar-refractivity contribution in [3.63, 3.8) is 0 Å². The van der Waals surface area contributed by atoms with Crippen LogP contribution in [0.15, 0.2) is 167 Å². The highest BCUT2D eigenvalue weighted by Gasteiger charge is 2.39. The summed E-state index contributed by atoms with van der Waals surface area (Å²) in [5, 5.41) is 0. The number of para-hydroxylation sites is 4. The zero-order valence-electron chi connectivity index (χ0n) is 35.7. The Bertz CT molecular complexity index is 2700. The maximum atomic E-state index is 8.56. The number of fused-ring (bicyclic) bond motifs is 3. The van der Waals surface area contributed by atoms with E-state index in [0.717, 1.165) is 36.3 Å². The average Bonchev–Trinajstić information content (AvgIpc) is 3.97. The zero-order chi connectivity index (χ0) is 41.2. The topological polar surface area (TPSA) is 45.0 Å². The summed E-state index contributed by atoms with van der Waals surface area (Å²) >= 11 is 0. The zero-order valence-corrected chi connectivity index (χ0v) is 29.7. The van der Waals surface area contributed by atoms with Gasteiger partial charge in [0, 0.05) is 55.2 Å². The number of hydrogen-bond acceptors (Lipinski definition) is 6. The summed E-state index contributed by atoms with van der Waals surface area (Å²) in [7, 11) is 0. The van der Waals surface area contributed by atoms with Crippen LogP contribution in [0.1, 0.15) is 52.3 Å². The Kier molecular flexibility index (Phi) is 6.37. The van der Waals surface area contributed by atoms with E-state index in [1.54, 1.807) is 35.2 Å². The number of nitrogens with zero attached hydrogens (tertiary/aromatic N) is 4. The van der Waals surface area contributed by atoms with Crippen LogP contribution < -0.4 is 19.4 Å². The average molecular weight is 713 g/mol. The highest BCUT2D eigenvalue weighted by molar-refractivity contribution is 5.89. The first-order valence-corrected chi connectivity index (χ1v) is 18.5. The van der Waals surface area contributed by atoms with Crippen molar-refractivity contribution in [2.24, 2.45) is 5.92 Å². The molecule has 54 heavy (non-hydrogen) atoms. The Morgan fingerprint density at radius 1 is 0.778 bits per heavy atom. The molecule has 0 fully saturated rings. The summed E-state index contributed by atoms with van der Waals surface area (Å²) in [5.41, 5.74) is 7.69. The van der Waals surface area contributed by atoms with Crippen LogP contribution in [-0.2, 0) is 5.41 Å². The van der Waals surface area contributed by atoms with Gasteiger partial charge in [-0.05, 0) is 72.9 Å². The van der Waals surface area contributed by atoms with Gasteiger partial charge in [-0.15, -0.1) is 0 Å². The van der Waals surface area contributed by atoms with Crippen LogP contribution in [0.3, 0.4) is 0 Å². The third-order valence-corrected chi connectivity index (χ3v) is 10.9. The standard InChI is InChI=1S/C48H42N4O2/c1-48(2)31-50(47-49-41-23-9-12-26-45(41)54-47)44-30-37(27-28-40(44)48)53-36-20-13-19-35(29-36)51-32-52(43-25-11-10-24-42(43)51)46-38(33-15-5-3-6-16-33)21-14-22-39(46)34-17-7-4-8-18-34/h3-7,9-17,19-21,23-30,39H,8,18,22,31-32H2,1-2H3/t39-/m1/s1/i1D3,2D3. The Balaban J connectivity index is 1.02. The second kappa shape index (κ2) is 13.0. The number of allylic oxidation sites excluding steroid dienone is 7. The lowest BCUT2D eigenvalue weighted by Crippen LogP contribution is -2.33. The van der Waals surface area contributed by atoms with Crippen molar-refractivity contribution in [1.82, 2.24) is 4.98 Å². The second-order valence-corrected chi connectivity index (χ2v) is 14.3. The van der Waals surface area contributed by atoms with E-state index in [9.17, 15) is 0 Å². The van der Waals surface area contributed by atoms with Crippen molar-refractivity contribution in [2.45, 2.75) is 38.4 Å². The molecule has 0 radical (unpaired) electrons. The summed E-state index contributed by atoms with van der Waals surface area (Å²) in [5.74, 6) is 1.20. The van der Waals surface area contributed by atoms with Gasteiger partial charge in [0.05, 0.1) is 23.7 Å². The number of hydrogen-bond donors (Lipinski definition) is 0. The highest BCUT2D eigenvalue weighted by atomic mass is 16.5. The molecular formula is C48H42N4O2. The van der Waals surface area contributed by atoms with Gasteiger partial charge in [-0.1, -0.05) is 116 Å². The maximum Gasteiger partial charge on any atom is 0.303 e. The molecule has 0 unspecified atom stereocenters. The molecule has 0 N–H and O–H groups in total. The van der Waals surface area contributed by atoms with Gasteiger partial charge >= 0.3 is 6.01 Å². The quantitative estimate of drug-likeness (QED) is 0.164. The maximum absolute atomic E-state index is 8.56. The molecule has 0 saturated heterocycles. The van der Waals surface area contributed by atoms with Gasteiger partial charge < -0.3 is 19.0 Å². The first-order chi connectivity index (χ1) is 29.0. The number of oxazole rings is 1. The molecule has 0 spiro atoms. The van der Waals surface area contributed by atoms with E-state index in [1.165, 1.54) is 22.4 Å². The lowest BCUT2D eigenvalue weighted by Gasteiger charge is -2.35. The number of benzene rings is 5. The van der Waals surface area contributed by atoms with Crippen LogP contribution in [-0.4, -0.2) is 18.2 Å².